The second kappa shape index (κ2) is 7.56. The summed E-state index contributed by atoms with van der Waals surface area (Å²) in [7, 11) is 0. The molecule has 1 aromatic rings. The first-order valence-electron chi connectivity index (χ1n) is 7.47. The van der Waals surface area contributed by atoms with E-state index < -0.39 is 0 Å². The minimum Gasteiger partial charge on any atom is -0.341 e. The van der Waals surface area contributed by atoms with Gasteiger partial charge in [-0.1, -0.05) is 15.9 Å². The molecule has 1 heterocycles. The Morgan fingerprint density at radius 1 is 1.41 bits per heavy atom. The topological polar surface area (TPSA) is 46.3 Å². The third-order valence-corrected chi connectivity index (χ3v) is 6.41. The van der Waals surface area contributed by atoms with Gasteiger partial charge in [-0.05, 0) is 55.4 Å². The van der Waals surface area contributed by atoms with Gasteiger partial charge in [0.1, 0.15) is 0 Å². The Balaban J connectivity index is 0.00000176. The molecule has 2 aliphatic rings. The van der Waals surface area contributed by atoms with E-state index in [2.05, 4.69) is 35.0 Å². The fourth-order valence-corrected chi connectivity index (χ4v) is 4.90. The number of benzene rings is 1. The summed E-state index contributed by atoms with van der Waals surface area (Å²) in [6.07, 6.45) is 2.32. The minimum absolute atomic E-state index is 0. The van der Waals surface area contributed by atoms with Crippen LogP contribution >= 0.6 is 40.1 Å². The monoisotopic (exact) mass is 404 g/mol. The van der Waals surface area contributed by atoms with E-state index in [1.165, 1.54) is 16.9 Å². The quantitative estimate of drug-likeness (QED) is 0.783. The van der Waals surface area contributed by atoms with Crippen molar-refractivity contribution in [3.05, 3.63) is 28.2 Å². The number of likely N-dealkylation sites (tertiary alicyclic amines) is 1. The summed E-state index contributed by atoms with van der Waals surface area (Å²) in [6.45, 7) is 3.86. The largest absolute Gasteiger partial charge is 0.341 e. The van der Waals surface area contributed by atoms with E-state index in [0.717, 1.165) is 24.0 Å². The average Bonchev–Trinajstić information content (AvgIpc) is 3.00. The van der Waals surface area contributed by atoms with Crippen LogP contribution < -0.4 is 5.73 Å². The molecule has 0 bridgehead atoms. The molecule has 0 aromatic heterocycles. The number of fused-ring (bicyclic) bond motifs is 1. The first-order valence-corrected chi connectivity index (χ1v) is 9.25. The maximum Gasteiger partial charge on any atom is 0.232 e. The zero-order chi connectivity index (χ0) is 15.0. The van der Waals surface area contributed by atoms with Gasteiger partial charge in [0, 0.05) is 28.5 Å². The molecule has 1 aliphatic heterocycles. The third kappa shape index (κ3) is 3.81. The molecule has 3 nitrogen and oxygen atoms in total. The van der Waals surface area contributed by atoms with Crippen LogP contribution in [0.4, 0.5) is 0 Å². The smallest absolute Gasteiger partial charge is 0.232 e. The maximum absolute atomic E-state index is 12.4. The fourth-order valence-electron chi connectivity index (χ4n) is 3.52. The zero-order valence-electron chi connectivity index (χ0n) is 12.6. The number of halogens is 2. The highest BCUT2D eigenvalue weighted by Gasteiger charge is 2.42. The van der Waals surface area contributed by atoms with E-state index in [-0.39, 0.29) is 18.3 Å². The normalized spacial score (nSPS) is 26.7. The van der Waals surface area contributed by atoms with Crippen LogP contribution in [-0.2, 0) is 4.79 Å². The molecular formula is C16H22BrClN2OS. The summed E-state index contributed by atoms with van der Waals surface area (Å²) in [4.78, 5) is 15.6. The van der Waals surface area contributed by atoms with Gasteiger partial charge in [-0.25, -0.2) is 0 Å². The van der Waals surface area contributed by atoms with Crippen molar-refractivity contribution in [2.24, 2.45) is 17.6 Å². The molecule has 22 heavy (non-hydrogen) atoms. The lowest BCUT2D eigenvalue weighted by Gasteiger charge is -2.18. The number of nitrogens with two attached hydrogens (primary N) is 1. The fraction of sp³-hybridized carbons (Fsp3) is 0.562. The van der Waals surface area contributed by atoms with Crippen molar-refractivity contribution in [2.75, 3.05) is 18.8 Å². The molecule has 2 N–H and O–H groups in total. The summed E-state index contributed by atoms with van der Waals surface area (Å²) in [5.74, 6) is 1.96. The van der Waals surface area contributed by atoms with E-state index in [0.29, 0.717) is 23.6 Å². The molecule has 0 spiro atoms. The van der Waals surface area contributed by atoms with Crippen molar-refractivity contribution >= 4 is 46.0 Å². The number of hydrogen-bond acceptors (Lipinski definition) is 3. The average molecular weight is 406 g/mol. The number of thioether (sulfide) groups is 1. The minimum atomic E-state index is 0. The van der Waals surface area contributed by atoms with Gasteiger partial charge in [0.15, 0.2) is 0 Å². The lowest BCUT2D eigenvalue weighted by molar-refractivity contribution is -0.127. The molecule has 1 aliphatic carbocycles. The number of aryl methyl sites for hydroxylation is 1. The van der Waals surface area contributed by atoms with E-state index in [1.54, 1.807) is 11.8 Å². The molecule has 1 aromatic carbocycles. The number of nitrogens with zero attached hydrogens (tertiary/aromatic N) is 1. The van der Waals surface area contributed by atoms with Crippen molar-refractivity contribution in [1.29, 1.82) is 0 Å². The van der Waals surface area contributed by atoms with Crippen LogP contribution in [0.1, 0.15) is 18.4 Å². The number of rotatable bonds is 3. The van der Waals surface area contributed by atoms with Crippen molar-refractivity contribution in [3.8, 4) is 0 Å². The predicted octanol–water partition coefficient (Wildman–Crippen LogP) is 3.47. The van der Waals surface area contributed by atoms with E-state index in [1.807, 2.05) is 11.0 Å². The Bertz CT molecular complexity index is 557. The number of carbonyl (C=O) groups excluding carboxylic acids is 1. The summed E-state index contributed by atoms with van der Waals surface area (Å²) in [6, 6.07) is 6.49. The SMILES string of the molecule is Cc1cc(Br)ccc1SCC(=O)N1CC2CCC(N)C2C1.Cl. The van der Waals surface area contributed by atoms with Crippen LogP contribution in [-0.4, -0.2) is 35.7 Å². The van der Waals surface area contributed by atoms with Crippen LogP contribution in [0, 0.1) is 18.8 Å². The van der Waals surface area contributed by atoms with Gasteiger partial charge in [-0.3, -0.25) is 4.79 Å². The van der Waals surface area contributed by atoms with Crippen molar-refractivity contribution in [1.82, 2.24) is 4.90 Å². The Hall–Kier alpha value is -0.230. The van der Waals surface area contributed by atoms with E-state index in [9.17, 15) is 4.79 Å². The zero-order valence-corrected chi connectivity index (χ0v) is 15.8. The summed E-state index contributed by atoms with van der Waals surface area (Å²) in [5, 5.41) is 0. The second-order valence-corrected chi connectivity index (χ2v) is 8.10. The van der Waals surface area contributed by atoms with Gasteiger partial charge >= 0.3 is 0 Å². The maximum atomic E-state index is 12.4. The Kier molecular flexibility index (Phi) is 6.22. The Morgan fingerprint density at radius 3 is 2.86 bits per heavy atom. The number of amides is 1. The summed E-state index contributed by atoms with van der Waals surface area (Å²) in [5.41, 5.74) is 7.34. The van der Waals surface area contributed by atoms with Gasteiger partial charge in [-0.2, -0.15) is 0 Å². The molecule has 3 rings (SSSR count). The van der Waals surface area contributed by atoms with Gasteiger partial charge in [0.2, 0.25) is 5.91 Å². The molecular weight excluding hydrogens is 384 g/mol. The summed E-state index contributed by atoms with van der Waals surface area (Å²) < 4.78 is 1.08. The van der Waals surface area contributed by atoms with Crippen molar-refractivity contribution < 1.29 is 4.79 Å². The first-order chi connectivity index (χ1) is 10.0. The molecule has 1 amide bonds. The molecule has 0 radical (unpaired) electrons. The lowest BCUT2D eigenvalue weighted by atomic mass is 9.98. The predicted molar refractivity (Wildman–Crippen MR) is 97.6 cm³/mol. The van der Waals surface area contributed by atoms with E-state index >= 15 is 0 Å². The van der Waals surface area contributed by atoms with Gasteiger partial charge < -0.3 is 10.6 Å². The van der Waals surface area contributed by atoms with Gasteiger partial charge in [-0.15, -0.1) is 24.2 Å². The lowest BCUT2D eigenvalue weighted by Crippen LogP contribution is -2.34. The standard InChI is InChI=1S/C16H21BrN2OS.ClH/c1-10-6-12(17)3-5-15(10)21-9-16(20)19-7-11-2-4-14(18)13(11)8-19;/h3,5-6,11,13-14H,2,4,7-9,18H2,1H3;1H. The van der Waals surface area contributed by atoms with Crippen molar-refractivity contribution in [2.45, 2.75) is 30.7 Å². The molecule has 2 fully saturated rings. The van der Waals surface area contributed by atoms with Crippen LogP contribution in [0.25, 0.3) is 0 Å². The van der Waals surface area contributed by atoms with Gasteiger partial charge in [0.25, 0.3) is 0 Å². The van der Waals surface area contributed by atoms with Crippen LogP contribution in [0.5, 0.6) is 0 Å². The molecule has 1 saturated heterocycles. The molecule has 1 saturated carbocycles. The molecule has 3 atom stereocenters. The molecule has 6 heteroatoms. The Morgan fingerprint density at radius 2 is 2.18 bits per heavy atom. The van der Waals surface area contributed by atoms with Crippen LogP contribution in [0.3, 0.4) is 0 Å². The highest BCUT2D eigenvalue weighted by molar-refractivity contribution is 9.10. The van der Waals surface area contributed by atoms with Crippen LogP contribution in [0.2, 0.25) is 0 Å². The molecule has 122 valence electrons. The van der Waals surface area contributed by atoms with Crippen LogP contribution in [0.15, 0.2) is 27.6 Å². The highest BCUT2D eigenvalue weighted by Crippen LogP contribution is 2.37. The van der Waals surface area contributed by atoms with Crippen molar-refractivity contribution in [3.63, 3.8) is 0 Å². The number of carbonyl (C=O) groups is 1. The van der Waals surface area contributed by atoms with E-state index in [4.69, 9.17) is 5.73 Å². The summed E-state index contributed by atoms with van der Waals surface area (Å²) >= 11 is 5.10. The van der Waals surface area contributed by atoms with Gasteiger partial charge in [0.05, 0.1) is 5.75 Å². The first kappa shape index (κ1) is 18.1. The highest BCUT2D eigenvalue weighted by atomic mass is 79.9. The molecule has 3 unspecified atom stereocenters. The third-order valence-electron chi connectivity index (χ3n) is 4.75. The number of hydrogen-bond donors (Lipinski definition) is 1. The second-order valence-electron chi connectivity index (χ2n) is 6.16. The Labute approximate surface area is 150 Å².